The Morgan fingerprint density at radius 2 is 1.73 bits per heavy atom. The number of aromatic hydroxyl groups is 1. The van der Waals surface area contributed by atoms with Crippen LogP contribution in [0, 0.1) is 0 Å². The second kappa shape index (κ2) is 5.02. The lowest BCUT2D eigenvalue weighted by atomic mass is 9.86. The molecule has 1 aromatic heterocycles. The van der Waals surface area contributed by atoms with Crippen LogP contribution >= 0.6 is 0 Å². The number of fused-ring (bicyclic) bond motifs is 1. The average molecular weight is 293 g/mol. The smallest absolute Gasteiger partial charge is 0.189 e. The third-order valence-electron chi connectivity index (χ3n) is 3.87. The Bertz CT molecular complexity index is 901. The first kappa shape index (κ1) is 14.4. The van der Waals surface area contributed by atoms with E-state index >= 15 is 0 Å². The summed E-state index contributed by atoms with van der Waals surface area (Å²) in [6.45, 7) is 6.20. The number of phenolic OH excluding ortho intramolecular Hbond substituents is 1. The highest BCUT2D eigenvalue weighted by molar-refractivity contribution is 5.80. The van der Waals surface area contributed by atoms with Crippen molar-refractivity contribution < 1.29 is 5.11 Å². The van der Waals surface area contributed by atoms with Gasteiger partial charge in [-0.1, -0.05) is 39.0 Å². The first-order valence-corrected chi connectivity index (χ1v) is 7.32. The molecule has 0 fully saturated rings. The molecule has 0 saturated carbocycles. The SMILES string of the molecule is CC(C)(C)c1ccc(-n2ccc(=O)c3ccccc32)cc1O. The summed E-state index contributed by atoms with van der Waals surface area (Å²) in [4.78, 5) is 12.0. The summed E-state index contributed by atoms with van der Waals surface area (Å²) in [6.07, 6.45) is 1.75. The van der Waals surface area contributed by atoms with Crippen LogP contribution in [0.2, 0.25) is 0 Å². The maximum Gasteiger partial charge on any atom is 0.189 e. The number of aromatic nitrogens is 1. The first-order chi connectivity index (χ1) is 10.4. The van der Waals surface area contributed by atoms with Crippen LogP contribution in [0.5, 0.6) is 5.75 Å². The van der Waals surface area contributed by atoms with Crippen molar-refractivity contribution in [3.8, 4) is 11.4 Å². The predicted molar refractivity (Wildman–Crippen MR) is 89.9 cm³/mol. The fourth-order valence-electron chi connectivity index (χ4n) is 2.73. The molecule has 2 aromatic carbocycles. The summed E-state index contributed by atoms with van der Waals surface area (Å²) < 4.78 is 1.92. The quantitative estimate of drug-likeness (QED) is 0.737. The fraction of sp³-hybridized carbons (Fsp3) is 0.211. The minimum atomic E-state index is -0.117. The van der Waals surface area contributed by atoms with Crippen LogP contribution < -0.4 is 5.43 Å². The van der Waals surface area contributed by atoms with E-state index in [0.717, 1.165) is 16.8 Å². The topological polar surface area (TPSA) is 42.2 Å². The highest BCUT2D eigenvalue weighted by atomic mass is 16.3. The minimum absolute atomic E-state index is 0.00221. The molecule has 0 bridgehead atoms. The maximum atomic E-state index is 12.0. The van der Waals surface area contributed by atoms with Gasteiger partial charge in [-0.15, -0.1) is 0 Å². The van der Waals surface area contributed by atoms with Gasteiger partial charge in [-0.25, -0.2) is 0 Å². The monoisotopic (exact) mass is 293 g/mol. The van der Waals surface area contributed by atoms with Gasteiger partial charge in [-0.05, 0) is 29.2 Å². The van der Waals surface area contributed by atoms with Crippen molar-refractivity contribution >= 4 is 10.9 Å². The number of para-hydroxylation sites is 1. The summed E-state index contributed by atoms with van der Waals surface area (Å²) in [5.41, 5.74) is 2.46. The van der Waals surface area contributed by atoms with Crippen LogP contribution in [0.1, 0.15) is 26.3 Å². The molecule has 3 nitrogen and oxygen atoms in total. The summed E-state index contributed by atoms with van der Waals surface area (Å²) in [6, 6.07) is 14.7. The molecule has 0 atom stereocenters. The second-order valence-electron chi connectivity index (χ2n) is 6.52. The average Bonchev–Trinajstić information content (AvgIpc) is 2.46. The molecule has 0 unspecified atom stereocenters. The number of hydrogen-bond donors (Lipinski definition) is 1. The predicted octanol–water partition coefficient (Wildman–Crippen LogP) is 3.99. The van der Waals surface area contributed by atoms with Crippen molar-refractivity contribution in [3.63, 3.8) is 0 Å². The molecule has 22 heavy (non-hydrogen) atoms. The molecule has 3 aromatic rings. The highest BCUT2D eigenvalue weighted by Gasteiger charge is 2.18. The molecular weight excluding hydrogens is 274 g/mol. The van der Waals surface area contributed by atoms with Gasteiger partial charge < -0.3 is 9.67 Å². The van der Waals surface area contributed by atoms with E-state index in [9.17, 15) is 9.90 Å². The van der Waals surface area contributed by atoms with Crippen LogP contribution in [-0.2, 0) is 5.41 Å². The van der Waals surface area contributed by atoms with Gasteiger partial charge in [-0.2, -0.15) is 0 Å². The van der Waals surface area contributed by atoms with Crippen molar-refractivity contribution in [1.29, 1.82) is 0 Å². The van der Waals surface area contributed by atoms with Crippen LogP contribution in [0.15, 0.2) is 59.5 Å². The fourth-order valence-corrected chi connectivity index (χ4v) is 2.73. The molecule has 0 aliphatic rings. The van der Waals surface area contributed by atoms with Gasteiger partial charge >= 0.3 is 0 Å². The first-order valence-electron chi connectivity index (χ1n) is 7.32. The summed E-state index contributed by atoms with van der Waals surface area (Å²) in [5.74, 6) is 0.271. The third kappa shape index (κ3) is 2.39. The van der Waals surface area contributed by atoms with E-state index in [-0.39, 0.29) is 16.6 Å². The number of nitrogens with zero attached hydrogens (tertiary/aromatic N) is 1. The zero-order chi connectivity index (χ0) is 15.9. The third-order valence-corrected chi connectivity index (χ3v) is 3.87. The van der Waals surface area contributed by atoms with E-state index in [0.29, 0.717) is 5.39 Å². The van der Waals surface area contributed by atoms with Gasteiger partial charge in [0.15, 0.2) is 5.43 Å². The normalized spacial score (nSPS) is 11.8. The standard InChI is InChI=1S/C19H19NO2/c1-19(2,3)15-9-8-13(12-18(15)22)20-11-10-17(21)14-6-4-5-7-16(14)20/h4-12,22H,1-3H3. The second-order valence-corrected chi connectivity index (χ2v) is 6.52. The van der Waals surface area contributed by atoms with Gasteiger partial charge in [0.2, 0.25) is 0 Å². The summed E-state index contributed by atoms with van der Waals surface area (Å²) >= 11 is 0. The Kier molecular flexibility index (Phi) is 3.28. The van der Waals surface area contributed by atoms with Crippen LogP contribution in [0.4, 0.5) is 0 Å². The van der Waals surface area contributed by atoms with Gasteiger partial charge in [0.1, 0.15) is 5.75 Å². The number of phenols is 1. The molecule has 0 radical (unpaired) electrons. The number of hydrogen-bond acceptors (Lipinski definition) is 2. The van der Waals surface area contributed by atoms with Crippen molar-refractivity contribution in [2.75, 3.05) is 0 Å². The minimum Gasteiger partial charge on any atom is -0.508 e. The molecule has 1 N–H and O–H groups in total. The van der Waals surface area contributed by atoms with E-state index in [1.165, 1.54) is 0 Å². The molecule has 3 heteroatoms. The Morgan fingerprint density at radius 1 is 1.00 bits per heavy atom. The van der Waals surface area contributed by atoms with Gasteiger partial charge in [0.25, 0.3) is 0 Å². The maximum absolute atomic E-state index is 12.0. The number of pyridine rings is 1. The highest BCUT2D eigenvalue weighted by Crippen LogP contribution is 2.32. The van der Waals surface area contributed by atoms with Gasteiger partial charge in [0.05, 0.1) is 5.52 Å². The van der Waals surface area contributed by atoms with Gasteiger partial charge in [0, 0.05) is 29.4 Å². The van der Waals surface area contributed by atoms with Crippen molar-refractivity contribution in [2.45, 2.75) is 26.2 Å². The van der Waals surface area contributed by atoms with E-state index in [2.05, 4.69) is 20.8 Å². The van der Waals surface area contributed by atoms with Crippen LogP contribution in [-0.4, -0.2) is 9.67 Å². The molecule has 0 aliphatic heterocycles. The molecule has 0 saturated heterocycles. The zero-order valence-electron chi connectivity index (χ0n) is 13.0. The van der Waals surface area contributed by atoms with E-state index in [1.807, 2.05) is 41.0 Å². The largest absolute Gasteiger partial charge is 0.508 e. The lowest BCUT2D eigenvalue weighted by Gasteiger charge is -2.21. The Labute approximate surface area is 129 Å². The Morgan fingerprint density at radius 3 is 2.41 bits per heavy atom. The molecule has 0 amide bonds. The van der Waals surface area contributed by atoms with Crippen LogP contribution in [0.25, 0.3) is 16.6 Å². The Balaban J connectivity index is 2.23. The van der Waals surface area contributed by atoms with Gasteiger partial charge in [-0.3, -0.25) is 4.79 Å². The summed E-state index contributed by atoms with van der Waals surface area (Å²) in [7, 11) is 0. The Hall–Kier alpha value is -2.55. The molecule has 0 aliphatic carbocycles. The summed E-state index contributed by atoms with van der Waals surface area (Å²) in [5, 5.41) is 11.0. The zero-order valence-corrected chi connectivity index (χ0v) is 13.0. The lowest BCUT2D eigenvalue weighted by molar-refractivity contribution is 0.446. The van der Waals surface area contributed by atoms with Crippen molar-refractivity contribution in [3.05, 3.63) is 70.5 Å². The van der Waals surface area contributed by atoms with E-state index in [1.54, 1.807) is 18.3 Å². The molecular formula is C19H19NO2. The van der Waals surface area contributed by atoms with E-state index < -0.39 is 0 Å². The van der Waals surface area contributed by atoms with Crippen LogP contribution in [0.3, 0.4) is 0 Å². The number of rotatable bonds is 1. The molecule has 1 heterocycles. The van der Waals surface area contributed by atoms with Crippen molar-refractivity contribution in [2.24, 2.45) is 0 Å². The van der Waals surface area contributed by atoms with Crippen molar-refractivity contribution in [1.82, 2.24) is 4.57 Å². The molecule has 3 rings (SSSR count). The lowest BCUT2D eigenvalue weighted by Crippen LogP contribution is -2.12. The number of benzene rings is 2. The molecule has 112 valence electrons. The van der Waals surface area contributed by atoms with E-state index in [4.69, 9.17) is 0 Å². The molecule has 0 spiro atoms.